The van der Waals surface area contributed by atoms with Crippen molar-refractivity contribution in [2.75, 3.05) is 12.3 Å². The Hall–Kier alpha value is -1.22. The smallest absolute Gasteiger partial charge is 0.159 e. The number of aliphatic hydroxyl groups is 2. The maximum absolute atomic E-state index is 9.38. The van der Waals surface area contributed by atoms with Crippen molar-refractivity contribution >= 4 is 32.8 Å². The van der Waals surface area contributed by atoms with E-state index in [0.29, 0.717) is 16.9 Å². The topological polar surface area (TPSA) is 106 Å². The normalized spacial score (nSPS) is 13.1. The molecule has 18 heavy (non-hydrogen) atoms. The molecule has 2 aromatic heterocycles. The fraction of sp³-hybridized carbons (Fsp3) is 0.400. The molecule has 0 spiro atoms. The van der Waals surface area contributed by atoms with Crippen LogP contribution in [0.5, 0.6) is 0 Å². The number of nitrogens with zero attached hydrogens (tertiary/aromatic N) is 3. The van der Waals surface area contributed by atoms with Gasteiger partial charge in [-0.3, -0.25) is 0 Å². The number of nitrogens with two attached hydrogens (primary N) is 1. The van der Waals surface area contributed by atoms with Gasteiger partial charge in [-0.25, -0.2) is 9.97 Å². The number of halogens is 1. The fourth-order valence-electron chi connectivity index (χ4n) is 1.56. The molecule has 0 saturated carbocycles. The second-order valence-electron chi connectivity index (χ2n) is 3.67. The Morgan fingerprint density at radius 1 is 1.50 bits per heavy atom. The summed E-state index contributed by atoms with van der Waals surface area (Å²) in [6.07, 6.45) is 2.27. The number of fused-ring (bicyclic) bond motifs is 1. The average molecular weight is 317 g/mol. The summed E-state index contributed by atoms with van der Waals surface area (Å²) in [4.78, 5) is 8.02. The maximum atomic E-state index is 9.38. The summed E-state index contributed by atoms with van der Waals surface area (Å²) in [6, 6.07) is 0. The molecule has 0 bridgehead atoms. The zero-order chi connectivity index (χ0) is 13.1. The van der Waals surface area contributed by atoms with Crippen LogP contribution in [-0.2, 0) is 11.5 Å². The first-order chi connectivity index (χ1) is 8.63. The van der Waals surface area contributed by atoms with E-state index < -0.39 is 6.29 Å². The van der Waals surface area contributed by atoms with E-state index in [9.17, 15) is 5.11 Å². The lowest BCUT2D eigenvalue weighted by atomic mass is 10.4. The van der Waals surface area contributed by atoms with Crippen LogP contribution in [0, 0.1) is 0 Å². The third-order valence-electron chi connectivity index (χ3n) is 2.42. The van der Waals surface area contributed by atoms with E-state index in [1.807, 2.05) is 0 Å². The number of hydrogen-bond donors (Lipinski definition) is 3. The SMILES string of the molecule is Nc1ncnc2c1c(Br)cn2COC(O)CCO. The van der Waals surface area contributed by atoms with E-state index >= 15 is 0 Å². The fourth-order valence-corrected chi connectivity index (χ4v) is 2.18. The van der Waals surface area contributed by atoms with E-state index in [0.717, 1.165) is 4.47 Å². The van der Waals surface area contributed by atoms with Gasteiger partial charge in [0, 0.05) is 23.7 Å². The summed E-state index contributed by atoms with van der Waals surface area (Å²) in [5, 5.41) is 18.7. The van der Waals surface area contributed by atoms with E-state index in [4.69, 9.17) is 15.6 Å². The predicted molar refractivity (Wildman–Crippen MR) is 68.4 cm³/mol. The molecule has 0 saturated heterocycles. The molecular weight excluding hydrogens is 304 g/mol. The average Bonchev–Trinajstić information content (AvgIpc) is 2.65. The Morgan fingerprint density at radius 3 is 3.00 bits per heavy atom. The number of ether oxygens (including phenoxy) is 1. The van der Waals surface area contributed by atoms with Crippen LogP contribution >= 0.6 is 15.9 Å². The minimum atomic E-state index is -1.01. The van der Waals surface area contributed by atoms with Crippen molar-refractivity contribution in [2.24, 2.45) is 0 Å². The molecule has 1 atom stereocenters. The van der Waals surface area contributed by atoms with Crippen molar-refractivity contribution in [3.63, 3.8) is 0 Å². The molecule has 0 radical (unpaired) electrons. The number of aliphatic hydroxyl groups excluding tert-OH is 2. The summed E-state index contributed by atoms with van der Waals surface area (Å²) < 4.78 is 7.62. The summed E-state index contributed by atoms with van der Waals surface area (Å²) >= 11 is 3.37. The van der Waals surface area contributed by atoms with Gasteiger partial charge in [0.25, 0.3) is 0 Å². The Labute approximate surface area is 111 Å². The largest absolute Gasteiger partial charge is 0.396 e. The first kappa shape index (κ1) is 13.2. The Morgan fingerprint density at radius 2 is 2.28 bits per heavy atom. The van der Waals surface area contributed by atoms with Gasteiger partial charge in [-0.1, -0.05) is 0 Å². The molecule has 2 aromatic rings. The van der Waals surface area contributed by atoms with Crippen molar-refractivity contribution < 1.29 is 14.9 Å². The lowest BCUT2D eigenvalue weighted by Gasteiger charge is -2.11. The van der Waals surface area contributed by atoms with Crippen LogP contribution in [0.4, 0.5) is 5.82 Å². The number of anilines is 1. The standard InChI is InChI=1S/C10H13BrN4O3/c11-6-3-15(5-18-7(17)1-2-16)10-8(6)9(12)13-4-14-10/h3-4,7,16-17H,1-2,5H2,(H2,12,13,14). The highest BCUT2D eigenvalue weighted by Crippen LogP contribution is 2.28. The maximum Gasteiger partial charge on any atom is 0.159 e. The number of hydrogen-bond acceptors (Lipinski definition) is 6. The second kappa shape index (κ2) is 5.61. The lowest BCUT2D eigenvalue weighted by Crippen LogP contribution is -2.16. The number of aromatic nitrogens is 3. The molecule has 4 N–H and O–H groups in total. The van der Waals surface area contributed by atoms with Crippen LogP contribution in [0.15, 0.2) is 17.0 Å². The molecule has 0 aliphatic heterocycles. The van der Waals surface area contributed by atoms with Gasteiger partial charge in [-0.05, 0) is 15.9 Å². The van der Waals surface area contributed by atoms with Crippen LogP contribution in [0.2, 0.25) is 0 Å². The van der Waals surface area contributed by atoms with E-state index in [1.54, 1.807) is 10.8 Å². The Balaban J connectivity index is 2.22. The van der Waals surface area contributed by atoms with Gasteiger partial charge in [0.15, 0.2) is 6.29 Å². The van der Waals surface area contributed by atoms with E-state index in [-0.39, 0.29) is 19.8 Å². The van der Waals surface area contributed by atoms with Gasteiger partial charge in [0.2, 0.25) is 0 Å². The summed E-state index contributed by atoms with van der Waals surface area (Å²) in [6.45, 7) is -0.0217. The van der Waals surface area contributed by atoms with Crippen molar-refractivity contribution in [3.8, 4) is 0 Å². The molecule has 0 amide bonds. The van der Waals surface area contributed by atoms with Gasteiger partial charge >= 0.3 is 0 Å². The van der Waals surface area contributed by atoms with E-state index in [2.05, 4.69) is 25.9 Å². The van der Waals surface area contributed by atoms with Crippen LogP contribution in [-0.4, -0.2) is 37.6 Å². The zero-order valence-corrected chi connectivity index (χ0v) is 11.0. The van der Waals surface area contributed by atoms with Crippen molar-refractivity contribution in [1.29, 1.82) is 0 Å². The molecule has 1 unspecified atom stereocenters. The minimum Gasteiger partial charge on any atom is -0.396 e. The molecule has 0 aliphatic rings. The van der Waals surface area contributed by atoms with Crippen LogP contribution in [0.3, 0.4) is 0 Å². The molecule has 0 fully saturated rings. The van der Waals surface area contributed by atoms with Gasteiger partial charge in [0.05, 0.1) is 5.39 Å². The van der Waals surface area contributed by atoms with Gasteiger partial charge in [0.1, 0.15) is 24.5 Å². The van der Waals surface area contributed by atoms with Crippen molar-refractivity contribution in [2.45, 2.75) is 19.4 Å². The molecule has 8 heteroatoms. The Kier molecular flexibility index (Phi) is 4.12. The van der Waals surface area contributed by atoms with Crippen LogP contribution < -0.4 is 5.73 Å². The molecule has 0 aliphatic carbocycles. The lowest BCUT2D eigenvalue weighted by molar-refractivity contribution is -0.132. The quantitative estimate of drug-likeness (QED) is 0.691. The predicted octanol–water partition coefficient (Wildman–Crippen LogP) is 0.451. The molecular formula is C10H13BrN4O3. The monoisotopic (exact) mass is 316 g/mol. The molecule has 98 valence electrons. The summed E-state index contributed by atoms with van der Waals surface area (Å²) in [5.74, 6) is 0.376. The Bertz CT molecular complexity index is 545. The molecule has 0 aromatic carbocycles. The van der Waals surface area contributed by atoms with Crippen LogP contribution in [0.25, 0.3) is 11.0 Å². The van der Waals surface area contributed by atoms with Gasteiger partial charge < -0.3 is 25.3 Å². The number of rotatable bonds is 5. The highest BCUT2D eigenvalue weighted by Gasteiger charge is 2.12. The van der Waals surface area contributed by atoms with E-state index in [1.165, 1.54) is 6.33 Å². The van der Waals surface area contributed by atoms with Crippen molar-refractivity contribution in [3.05, 3.63) is 17.0 Å². The first-order valence-corrected chi connectivity index (χ1v) is 6.08. The molecule has 2 rings (SSSR count). The highest BCUT2D eigenvalue weighted by molar-refractivity contribution is 9.10. The summed E-state index contributed by atoms with van der Waals surface area (Å²) in [5.41, 5.74) is 6.37. The minimum absolute atomic E-state index is 0.111. The molecule has 7 nitrogen and oxygen atoms in total. The highest BCUT2D eigenvalue weighted by atomic mass is 79.9. The second-order valence-corrected chi connectivity index (χ2v) is 4.52. The molecule has 2 heterocycles. The van der Waals surface area contributed by atoms with Crippen LogP contribution in [0.1, 0.15) is 6.42 Å². The van der Waals surface area contributed by atoms with Crippen molar-refractivity contribution in [1.82, 2.24) is 14.5 Å². The zero-order valence-electron chi connectivity index (χ0n) is 9.45. The first-order valence-electron chi connectivity index (χ1n) is 5.29. The third kappa shape index (κ3) is 2.61. The summed E-state index contributed by atoms with van der Waals surface area (Å²) in [7, 11) is 0. The van der Waals surface area contributed by atoms with Gasteiger partial charge in [-0.15, -0.1) is 0 Å². The van der Waals surface area contributed by atoms with Gasteiger partial charge in [-0.2, -0.15) is 0 Å². The third-order valence-corrected chi connectivity index (χ3v) is 3.02. The number of nitrogen functional groups attached to an aromatic ring is 1.